The Morgan fingerprint density at radius 2 is 1.30 bits per heavy atom. The van der Waals surface area contributed by atoms with Gasteiger partial charge in [0.25, 0.3) is 0 Å². The summed E-state index contributed by atoms with van der Waals surface area (Å²) in [4.78, 5) is 0. The molecule has 0 unspecified atom stereocenters. The molecule has 0 fully saturated rings. The highest BCUT2D eigenvalue weighted by atomic mass is 15.0. The van der Waals surface area contributed by atoms with E-state index in [1.54, 1.807) is 0 Å². The SMILES string of the molecule is C=Cc1c(/C=C/c2cccc(C3=Cc4c(c5ccccc5c5ccccc45)C=CC3)c2)c2ccccc2n1-c1cccc(C2=CCCC=C2)c1. The molecule has 50 heavy (non-hydrogen) atoms. The first-order valence-corrected chi connectivity index (χ1v) is 17.6. The molecule has 7 aromatic rings. The highest BCUT2D eigenvalue weighted by molar-refractivity contribution is 6.16. The fourth-order valence-corrected chi connectivity index (χ4v) is 7.88. The van der Waals surface area contributed by atoms with Gasteiger partial charge in [-0.25, -0.2) is 0 Å². The Kier molecular flexibility index (Phi) is 7.59. The summed E-state index contributed by atoms with van der Waals surface area (Å²) >= 11 is 0. The van der Waals surface area contributed by atoms with Crippen molar-refractivity contribution in [2.24, 2.45) is 0 Å². The van der Waals surface area contributed by atoms with Crippen molar-refractivity contribution in [1.82, 2.24) is 4.57 Å². The minimum atomic E-state index is 0.879. The lowest BCUT2D eigenvalue weighted by molar-refractivity contribution is 1.04. The molecule has 9 rings (SSSR count). The molecule has 1 nitrogen and oxygen atoms in total. The van der Waals surface area contributed by atoms with Crippen LogP contribution in [0, 0.1) is 0 Å². The molecule has 0 atom stereocenters. The Labute approximate surface area is 293 Å². The van der Waals surface area contributed by atoms with Crippen LogP contribution in [-0.2, 0) is 0 Å². The van der Waals surface area contributed by atoms with Crippen LogP contribution >= 0.6 is 0 Å². The zero-order valence-electron chi connectivity index (χ0n) is 28.0. The van der Waals surface area contributed by atoms with Gasteiger partial charge in [-0.3, -0.25) is 0 Å². The molecule has 0 saturated heterocycles. The molecule has 1 heteroatoms. The largest absolute Gasteiger partial charge is 0.309 e. The molecule has 0 bridgehead atoms. The van der Waals surface area contributed by atoms with E-state index in [1.165, 1.54) is 77.0 Å². The first kappa shape index (κ1) is 29.9. The van der Waals surface area contributed by atoms with Gasteiger partial charge >= 0.3 is 0 Å². The van der Waals surface area contributed by atoms with E-state index in [1.807, 2.05) is 6.08 Å². The van der Waals surface area contributed by atoms with Crippen LogP contribution < -0.4 is 0 Å². The quantitative estimate of drug-likeness (QED) is 0.160. The van der Waals surface area contributed by atoms with Gasteiger partial charge in [0.2, 0.25) is 0 Å². The molecule has 0 N–H and O–H groups in total. The molecule has 0 saturated carbocycles. The van der Waals surface area contributed by atoms with Gasteiger partial charge in [0.15, 0.2) is 0 Å². The predicted molar refractivity (Wildman–Crippen MR) is 218 cm³/mol. The smallest absolute Gasteiger partial charge is 0.0541 e. The number of para-hydroxylation sites is 1. The Bertz CT molecular complexity index is 2630. The molecule has 6 aromatic carbocycles. The van der Waals surface area contributed by atoms with E-state index in [4.69, 9.17) is 0 Å². The van der Waals surface area contributed by atoms with Crippen molar-refractivity contribution in [3.63, 3.8) is 0 Å². The van der Waals surface area contributed by atoms with Crippen LogP contribution in [0.4, 0.5) is 0 Å². The second-order valence-corrected chi connectivity index (χ2v) is 13.2. The van der Waals surface area contributed by atoms with E-state index in [-0.39, 0.29) is 0 Å². The highest BCUT2D eigenvalue weighted by Gasteiger charge is 2.17. The zero-order chi connectivity index (χ0) is 33.4. The van der Waals surface area contributed by atoms with Gasteiger partial charge in [0.05, 0.1) is 11.2 Å². The number of rotatable bonds is 6. The molecular weight excluding hydrogens is 603 g/mol. The summed E-state index contributed by atoms with van der Waals surface area (Å²) in [5.74, 6) is 0. The Hall–Kier alpha value is -6.18. The van der Waals surface area contributed by atoms with E-state index in [0.29, 0.717) is 0 Å². The average molecular weight is 640 g/mol. The molecule has 1 heterocycles. The second-order valence-electron chi connectivity index (χ2n) is 13.2. The molecule has 0 amide bonds. The third kappa shape index (κ3) is 5.19. The fraction of sp³-hybridized carbons (Fsp3) is 0.0612. The lowest BCUT2D eigenvalue weighted by Gasteiger charge is -2.13. The molecule has 0 spiro atoms. The van der Waals surface area contributed by atoms with Crippen molar-refractivity contribution in [1.29, 1.82) is 0 Å². The van der Waals surface area contributed by atoms with Crippen LogP contribution in [0.3, 0.4) is 0 Å². The van der Waals surface area contributed by atoms with Crippen molar-refractivity contribution in [3.8, 4) is 5.69 Å². The number of nitrogens with zero attached hydrogens (tertiary/aromatic N) is 1. The van der Waals surface area contributed by atoms with Crippen LogP contribution in [0.5, 0.6) is 0 Å². The second kappa shape index (κ2) is 12.7. The molecular formula is C49H37N. The van der Waals surface area contributed by atoms with Gasteiger partial charge in [-0.2, -0.15) is 0 Å². The first-order valence-electron chi connectivity index (χ1n) is 17.6. The van der Waals surface area contributed by atoms with Crippen LogP contribution in [0.25, 0.3) is 79.7 Å². The minimum Gasteiger partial charge on any atom is -0.309 e. The summed E-state index contributed by atoms with van der Waals surface area (Å²) in [6, 6.07) is 44.1. The van der Waals surface area contributed by atoms with Crippen molar-refractivity contribution >= 4 is 74.0 Å². The number of benzene rings is 6. The summed E-state index contributed by atoms with van der Waals surface area (Å²) in [5.41, 5.74) is 13.5. The minimum absolute atomic E-state index is 0.879. The van der Waals surface area contributed by atoms with Gasteiger partial charge in [0.1, 0.15) is 0 Å². The number of fused-ring (bicyclic) bond motifs is 7. The standard InChI is InChI=1S/C49H37N/c1-2-48-46(45-26-10-11-28-49(45)50(48)39-21-13-19-37(32-39)35-16-4-3-5-17-35)30-29-34-15-12-18-36(31-34)38-20-14-27-44-42-24-7-6-22-40(42)41-23-8-9-25-43(41)47(44)33-38/h2,4,6-19,21-33H,1,3,5,20H2/b30-29+. The van der Waals surface area contributed by atoms with Crippen molar-refractivity contribution in [2.45, 2.75) is 19.3 Å². The lowest BCUT2D eigenvalue weighted by Crippen LogP contribution is -1.98. The Morgan fingerprint density at radius 1 is 0.580 bits per heavy atom. The molecule has 2 aliphatic rings. The van der Waals surface area contributed by atoms with Gasteiger partial charge < -0.3 is 4.57 Å². The van der Waals surface area contributed by atoms with E-state index < -0.39 is 0 Å². The third-order valence-corrected chi connectivity index (χ3v) is 10.2. The van der Waals surface area contributed by atoms with Crippen LogP contribution in [0.2, 0.25) is 0 Å². The summed E-state index contributed by atoms with van der Waals surface area (Å²) < 4.78 is 2.35. The highest BCUT2D eigenvalue weighted by Crippen LogP contribution is 2.39. The predicted octanol–water partition coefficient (Wildman–Crippen LogP) is 13.4. The van der Waals surface area contributed by atoms with Gasteiger partial charge in [-0.15, -0.1) is 0 Å². The van der Waals surface area contributed by atoms with Crippen LogP contribution in [0.1, 0.15) is 58.3 Å². The average Bonchev–Trinajstić information content (AvgIpc) is 3.33. The normalized spacial score (nSPS) is 14.2. The van der Waals surface area contributed by atoms with Crippen molar-refractivity contribution in [2.75, 3.05) is 0 Å². The maximum absolute atomic E-state index is 4.29. The molecule has 0 aliphatic heterocycles. The molecule has 1 aromatic heterocycles. The number of hydrogen-bond acceptors (Lipinski definition) is 0. The lowest BCUT2D eigenvalue weighted by atomic mass is 9.90. The Morgan fingerprint density at radius 3 is 2.08 bits per heavy atom. The van der Waals surface area contributed by atoms with Crippen LogP contribution in [-0.4, -0.2) is 4.57 Å². The van der Waals surface area contributed by atoms with E-state index >= 15 is 0 Å². The van der Waals surface area contributed by atoms with Crippen molar-refractivity contribution in [3.05, 3.63) is 191 Å². The van der Waals surface area contributed by atoms with E-state index in [9.17, 15) is 0 Å². The summed E-state index contributed by atoms with van der Waals surface area (Å²) in [6.45, 7) is 4.29. The number of allylic oxidation sites excluding steroid dienone is 6. The van der Waals surface area contributed by atoms with Gasteiger partial charge in [-0.05, 0) is 116 Å². The van der Waals surface area contributed by atoms with E-state index in [0.717, 1.165) is 30.6 Å². The fourth-order valence-electron chi connectivity index (χ4n) is 7.88. The third-order valence-electron chi connectivity index (χ3n) is 10.2. The van der Waals surface area contributed by atoms with Crippen LogP contribution in [0.15, 0.2) is 152 Å². The molecule has 238 valence electrons. The van der Waals surface area contributed by atoms with Gasteiger partial charge in [-0.1, -0.05) is 146 Å². The number of aromatic nitrogens is 1. The monoisotopic (exact) mass is 639 g/mol. The summed E-state index contributed by atoms with van der Waals surface area (Å²) in [6.07, 6.45) is 23.5. The Balaban J connectivity index is 1.12. The number of hydrogen-bond donors (Lipinski definition) is 0. The van der Waals surface area contributed by atoms with E-state index in [2.05, 4.69) is 181 Å². The molecule has 0 radical (unpaired) electrons. The first-order chi connectivity index (χ1) is 24.8. The summed E-state index contributed by atoms with van der Waals surface area (Å²) in [7, 11) is 0. The van der Waals surface area contributed by atoms with Gasteiger partial charge in [0, 0.05) is 16.6 Å². The maximum Gasteiger partial charge on any atom is 0.0541 e. The van der Waals surface area contributed by atoms with Crippen molar-refractivity contribution < 1.29 is 0 Å². The summed E-state index contributed by atoms with van der Waals surface area (Å²) in [5, 5.41) is 6.42. The molecule has 2 aliphatic carbocycles. The maximum atomic E-state index is 4.29. The topological polar surface area (TPSA) is 4.93 Å². The zero-order valence-corrected chi connectivity index (χ0v) is 28.0.